The lowest BCUT2D eigenvalue weighted by molar-refractivity contribution is -0.386. The van der Waals surface area contributed by atoms with Crippen LogP contribution in [0.2, 0.25) is 0 Å². The van der Waals surface area contributed by atoms with Crippen molar-refractivity contribution in [3.63, 3.8) is 0 Å². The van der Waals surface area contributed by atoms with Crippen LogP contribution in [0.15, 0.2) is 12.7 Å². The molecule has 0 saturated carbocycles. The Bertz CT molecular complexity index is 524. The highest BCUT2D eigenvalue weighted by Crippen LogP contribution is 2.21. The van der Waals surface area contributed by atoms with Crippen molar-refractivity contribution in [3.8, 4) is 0 Å². The highest BCUT2D eigenvalue weighted by molar-refractivity contribution is 5.76. The molecular weight excluding hydrogens is 264 g/mol. The molecule has 20 heavy (non-hydrogen) atoms. The van der Waals surface area contributed by atoms with E-state index in [1.165, 1.54) is 16.5 Å². The van der Waals surface area contributed by atoms with Gasteiger partial charge in [-0.3, -0.25) is 19.6 Å². The number of aryl methyl sites for hydroxylation is 1. The summed E-state index contributed by atoms with van der Waals surface area (Å²) in [7, 11) is 0. The second-order valence-electron chi connectivity index (χ2n) is 4.29. The number of carbonyl (C=O) groups is 1. The third kappa shape index (κ3) is 3.41. The predicted octanol–water partition coefficient (Wildman–Crippen LogP) is 0.415. The first-order valence-electron chi connectivity index (χ1n) is 6.10. The molecule has 0 aliphatic heterocycles. The number of aliphatic hydroxyl groups excluding tert-OH is 1. The third-order valence-corrected chi connectivity index (χ3v) is 2.88. The van der Waals surface area contributed by atoms with Crippen molar-refractivity contribution in [1.82, 2.24) is 14.7 Å². The quantitative estimate of drug-likeness (QED) is 0.443. The molecule has 0 fully saturated rings. The zero-order valence-electron chi connectivity index (χ0n) is 11.6. The largest absolute Gasteiger partial charge is 0.395 e. The molecule has 1 aromatic rings. The molecule has 1 heterocycles. The van der Waals surface area contributed by atoms with Gasteiger partial charge in [0, 0.05) is 13.1 Å². The first-order chi connectivity index (χ1) is 9.42. The molecule has 0 aliphatic carbocycles. The molecule has 0 spiro atoms. The van der Waals surface area contributed by atoms with Crippen LogP contribution in [0.25, 0.3) is 0 Å². The van der Waals surface area contributed by atoms with Gasteiger partial charge in [0.25, 0.3) is 0 Å². The number of hydrogen-bond acceptors (Lipinski definition) is 5. The summed E-state index contributed by atoms with van der Waals surface area (Å²) >= 11 is 0. The number of nitro groups is 1. The number of carbonyl (C=O) groups excluding carboxylic acids is 1. The molecule has 1 N–H and O–H groups in total. The molecule has 0 atom stereocenters. The van der Waals surface area contributed by atoms with E-state index in [0.29, 0.717) is 12.2 Å². The molecule has 110 valence electrons. The van der Waals surface area contributed by atoms with Crippen LogP contribution in [-0.2, 0) is 11.3 Å². The van der Waals surface area contributed by atoms with Crippen LogP contribution < -0.4 is 0 Å². The SMILES string of the molecule is C=CCN(CCO)C(=O)Cn1nc(C)c([N+](=O)[O-])c1C. The average molecular weight is 282 g/mol. The summed E-state index contributed by atoms with van der Waals surface area (Å²) in [5.41, 5.74) is 0.538. The molecular formula is C12H18N4O4. The van der Waals surface area contributed by atoms with Crippen molar-refractivity contribution >= 4 is 11.6 Å². The molecule has 1 aromatic heterocycles. The van der Waals surface area contributed by atoms with Crippen LogP contribution in [0.3, 0.4) is 0 Å². The van der Waals surface area contributed by atoms with E-state index < -0.39 is 4.92 Å². The zero-order chi connectivity index (χ0) is 15.3. The lowest BCUT2D eigenvalue weighted by Gasteiger charge is -2.20. The Morgan fingerprint density at radius 2 is 2.25 bits per heavy atom. The smallest absolute Gasteiger partial charge is 0.312 e. The van der Waals surface area contributed by atoms with E-state index in [-0.39, 0.29) is 37.0 Å². The van der Waals surface area contributed by atoms with Crippen molar-refractivity contribution in [2.24, 2.45) is 0 Å². The van der Waals surface area contributed by atoms with Crippen molar-refractivity contribution < 1.29 is 14.8 Å². The highest BCUT2D eigenvalue weighted by Gasteiger charge is 2.23. The lowest BCUT2D eigenvalue weighted by Crippen LogP contribution is -2.36. The van der Waals surface area contributed by atoms with E-state index in [0.717, 1.165) is 0 Å². The molecule has 0 aliphatic rings. The summed E-state index contributed by atoms with van der Waals surface area (Å²) < 4.78 is 1.31. The number of hydrogen-bond donors (Lipinski definition) is 1. The fraction of sp³-hybridized carbons (Fsp3) is 0.500. The first-order valence-corrected chi connectivity index (χ1v) is 6.10. The normalized spacial score (nSPS) is 10.3. The Morgan fingerprint density at radius 3 is 2.70 bits per heavy atom. The summed E-state index contributed by atoms with van der Waals surface area (Å²) in [6.07, 6.45) is 1.55. The monoisotopic (exact) mass is 282 g/mol. The third-order valence-electron chi connectivity index (χ3n) is 2.88. The Hall–Kier alpha value is -2.22. The van der Waals surface area contributed by atoms with E-state index >= 15 is 0 Å². The number of aromatic nitrogens is 2. The van der Waals surface area contributed by atoms with Crippen molar-refractivity contribution in [3.05, 3.63) is 34.2 Å². The van der Waals surface area contributed by atoms with Crippen molar-refractivity contribution in [1.29, 1.82) is 0 Å². The van der Waals surface area contributed by atoms with Gasteiger partial charge < -0.3 is 10.0 Å². The summed E-state index contributed by atoms with van der Waals surface area (Å²) in [6, 6.07) is 0. The summed E-state index contributed by atoms with van der Waals surface area (Å²) in [5, 5.41) is 23.8. The standard InChI is InChI=1S/C12H18N4O4/c1-4-5-14(6-7-17)11(18)8-15-10(3)12(16(19)20)9(2)13-15/h4,17H,1,5-8H2,2-3H3. The fourth-order valence-corrected chi connectivity index (χ4v) is 1.93. The Morgan fingerprint density at radius 1 is 1.60 bits per heavy atom. The molecule has 8 heteroatoms. The molecule has 0 bridgehead atoms. The molecule has 0 radical (unpaired) electrons. The number of aliphatic hydroxyl groups is 1. The summed E-state index contributed by atoms with van der Waals surface area (Å²) in [4.78, 5) is 23.9. The van der Waals surface area contributed by atoms with E-state index in [1.807, 2.05) is 0 Å². The van der Waals surface area contributed by atoms with Gasteiger partial charge in [-0.2, -0.15) is 5.10 Å². The number of amides is 1. The minimum atomic E-state index is -0.506. The topological polar surface area (TPSA) is 102 Å². The molecule has 0 saturated heterocycles. The van der Waals surface area contributed by atoms with Crippen molar-refractivity contribution in [2.45, 2.75) is 20.4 Å². The maximum atomic E-state index is 12.1. The van der Waals surface area contributed by atoms with Gasteiger partial charge >= 0.3 is 5.69 Å². The van der Waals surface area contributed by atoms with Crippen LogP contribution in [0.5, 0.6) is 0 Å². The van der Waals surface area contributed by atoms with Crippen molar-refractivity contribution in [2.75, 3.05) is 19.7 Å². The number of rotatable bonds is 7. The molecule has 1 amide bonds. The molecule has 0 aromatic carbocycles. The molecule has 8 nitrogen and oxygen atoms in total. The fourth-order valence-electron chi connectivity index (χ4n) is 1.93. The van der Waals surface area contributed by atoms with Gasteiger partial charge in [0.05, 0.1) is 11.5 Å². The van der Waals surface area contributed by atoms with Gasteiger partial charge in [0.1, 0.15) is 17.9 Å². The second-order valence-corrected chi connectivity index (χ2v) is 4.29. The van der Waals surface area contributed by atoms with Gasteiger partial charge in [0.15, 0.2) is 0 Å². The minimum Gasteiger partial charge on any atom is -0.395 e. The van der Waals surface area contributed by atoms with Crippen LogP contribution in [0.1, 0.15) is 11.4 Å². The van der Waals surface area contributed by atoms with Gasteiger partial charge in [-0.15, -0.1) is 6.58 Å². The first kappa shape index (κ1) is 15.8. The predicted molar refractivity (Wildman–Crippen MR) is 72.2 cm³/mol. The van der Waals surface area contributed by atoms with E-state index in [9.17, 15) is 14.9 Å². The van der Waals surface area contributed by atoms with E-state index in [2.05, 4.69) is 11.7 Å². The maximum absolute atomic E-state index is 12.1. The van der Waals surface area contributed by atoms with Crippen LogP contribution in [0.4, 0.5) is 5.69 Å². The minimum absolute atomic E-state index is 0.0739. The summed E-state index contributed by atoms with van der Waals surface area (Å²) in [5.74, 6) is -0.278. The van der Waals surface area contributed by atoms with E-state index in [4.69, 9.17) is 5.11 Å². The summed E-state index contributed by atoms with van der Waals surface area (Å²) in [6.45, 7) is 6.86. The van der Waals surface area contributed by atoms with Gasteiger partial charge in [-0.1, -0.05) is 6.08 Å². The van der Waals surface area contributed by atoms with Gasteiger partial charge in [-0.25, -0.2) is 0 Å². The highest BCUT2D eigenvalue weighted by atomic mass is 16.6. The van der Waals surface area contributed by atoms with E-state index in [1.54, 1.807) is 13.0 Å². The van der Waals surface area contributed by atoms with Gasteiger partial charge in [0.2, 0.25) is 5.91 Å². The molecule has 1 rings (SSSR count). The average Bonchev–Trinajstić information content (AvgIpc) is 2.64. The maximum Gasteiger partial charge on any atom is 0.312 e. The number of nitrogens with zero attached hydrogens (tertiary/aromatic N) is 4. The zero-order valence-corrected chi connectivity index (χ0v) is 11.6. The van der Waals surface area contributed by atoms with Gasteiger partial charge in [-0.05, 0) is 13.8 Å². The lowest BCUT2D eigenvalue weighted by atomic mass is 10.3. The van der Waals surface area contributed by atoms with Crippen LogP contribution in [-0.4, -0.2) is 50.3 Å². The Kier molecular flexibility index (Phi) is 5.39. The Labute approximate surface area is 116 Å². The Balaban J connectivity index is 2.92. The molecule has 0 unspecified atom stereocenters. The van der Waals surface area contributed by atoms with Crippen LogP contribution in [0, 0.1) is 24.0 Å². The second kappa shape index (κ2) is 6.80. The van der Waals surface area contributed by atoms with Crippen LogP contribution >= 0.6 is 0 Å².